The van der Waals surface area contributed by atoms with Crippen molar-refractivity contribution >= 4 is 15.7 Å². The summed E-state index contributed by atoms with van der Waals surface area (Å²) in [7, 11) is -3.53. The highest BCUT2D eigenvalue weighted by atomic mass is 32.2. The Hall–Kier alpha value is -1.11. The molecule has 0 spiro atoms. The summed E-state index contributed by atoms with van der Waals surface area (Å²) in [5.74, 6) is 0. The topological polar surface area (TPSA) is 81.4 Å². The van der Waals surface area contributed by atoms with Crippen molar-refractivity contribution in [1.29, 1.82) is 0 Å². The lowest BCUT2D eigenvalue weighted by atomic mass is 10.0. The number of aryl methyl sites for hydroxylation is 1. The first kappa shape index (κ1) is 13.3. The van der Waals surface area contributed by atoms with Gasteiger partial charge in [0.25, 0.3) is 0 Å². The fraction of sp³-hybridized carbons (Fsp3) is 0.500. The zero-order chi connectivity index (χ0) is 13.4. The molecule has 100 valence electrons. The minimum Gasteiger partial charge on any atom is -0.399 e. The van der Waals surface area contributed by atoms with E-state index in [9.17, 15) is 8.42 Å². The molecule has 0 aromatic heterocycles. The summed E-state index contributed by atoms with van der Waals surface area (Å²) in [6.45, 7) is 4.62. The van der Waals surface area contributed by atoms with E-state index in [1.165, 1.54) is 6.07 Å². The molecule has 1 saturated heterocycles. The van der Waals surface area contributed by atoms with Crippen LogP contribution in [0.1, 0.15) is 18.9 Å². The van der Waals surface area contributed by atoms with E-state index in [0.717, 1.165) is 5.56 Å². The van der Waals surface area contributed by atoms with Gasteiger partial charge in [-0.1, -0.05) is 0 Å². The number of nitrogens with one attached hydrogen (secondary N) is 1. The van der Waals surface area contributed by atoms with Crippen molar-refractivity contribution in [3.63, 3.8) is 0 Å². The molecule has 0 aliphatic carbocycles. The van der Waals surface area contributed by atoms with Crippen molar-refractivity contribution in [1.82, 2.24) is 4.72 Å². The highest BCUT2D eigenvalue weighted by Gasteiger charge is 2.34. The molecule has 18 heavy (non-hydrogen) atoms. The first-order valence-electron chi connectivity index (χ1n) is 5.80. The molecule has 1 fully saturated rings. The molecule has 2 rings (SSSR count). The highest BCUT2D eigenvalue weighted by molar-refractivity contribution is 7.89. The first-order chi connectivity index (χ1) is 8.32. The monoisotopic (exact) mass is 270 g/mol. The Morgan fingerprint density at radius 1 is 1.44 bits per heavy atom. The zero-order valence-corrected chi connectivity index (χ0v) is 11.4. The predicted octanol–water partition coefficient (Wildman–Crippen LogP) is 1.03. The van der Waals surface area contributed by atoms with Crippen LogP contribution in [0.2, 0.25) is 0 Å². The van der Waals surface area contributed by atoms with E-state index in [0.29, 0.717) is 25.3 Å². The SMILES string of the molecule is Cc1cc(S(=O)(=O)NC2(C)CCOC2)ccc1N. The van der Waals surface area contributed by atoms with Gasteiger partial charge in [0.15, 0.2) is 0 Å². The van der Waals surface area contributed by atoms with Gasteiger partial charge in [-0.15, -0.1) is 0 Å². The summed E-state index contributed by atoms with van der Waals surface area (Å²) in [6.07, 6.45) is 0.681. The molecule has 1 aromatic rings. The number of sulfonamides is 1. The third-order valence-corrected chi connectivity index (χ3v) is 4.79. The molecular formula is C12H18N2O3S. The van der Waals surface area contributed by atoms with E-state index in [4.69, 9.17) is 10.5 Å². The van der Waals surface area contributed by atoms with Crippen LogP contribution in [0.5, 0.6) is 0 Å². The van der Waals surface area contributed by atoms with E-state index in [2.05, 4.69) is 4.72 Å². The van der Waals surface area contributed by atoms with Crippen LogP contribution in [0, 0.1) is 6.92 Å². The fourth-order valence-corrected chi connectivity index (χ4v) is 3.45. The Morgan fingerprint density at radius 3 is 2.72 bits per heavy atom. The van der Waals surface area contributed by atoms with Gasteiger partial charge in [-0.25, -0.2) is 13.1 Å². The summed E-state index contributed by atoms with van der Waals surface area (Å²) < 4.78 is 32.4. The van der Waals surface area contributed by atoms with E-state index in [1.807, 2.05) is 6.92 Å². The minimum absolute atomic E-state index is 0.238. The quantitative estimate of drug-likeness (QED) is 0.804. The van der Waals surface area contributed by atoms with E-state index >= 15 is 0 Å². The van der Waals surface area contributed by atoms with Crippen molar-refractivity contribution in [3.8, 4) is 0 Å². The molecule has 1 atom stereocenters. The van der Waals surface area contributed by atoms with Gasteiger partial charge in [0.2, 0.25) is 10.0 Å². The lowest BCUT2D eigenvalue weighted by Crippen LogP contribution is -2.46. The number of hydrogen-bond donors (Lipinski definition) is 2. The summed E-state index contributed by atoms with van der Waals surface area (Å²) in [4.78, 5) is 0.238. The molecule has 1 unspecified atom stereocenters. The maximum atomic E-state index is 12.2. The maximum Gasteiger partial charge on any atom is 0.241 e. The first-order valence-corrected chi connectivity index (χ1v) is 7.29. The predicted molar refractivity (Wildman–Crippen MR) is 69.8 cm³/mol. The van der Waals surface area contributed by atoms with Crippen LogP contribution in [0.3, 0.4) is 0 Å². The lowest BCUT2D eigenvalue weighted by molar-refractivity contribution is 0.178. The van der Waals surface area contributed by atoms with Crippen molar-refractivity contribution in [3.05, 3.63) is 23.8 Å². The molecule has 6 heteroatoms. The van der Waals surface area contributed by atoms with Gasteiger partial charge in [0.1, 0.15) is 0 Å². The Bertz CT molecular complexity index is 548. The molecule has 1 aliphatic rings. The molecule has 0 bridgehead atoms. The number of rotatable bonds is 3. The van der Waals surface area contributed by atoms with Gasteiger partial charge in [-0.2, -0.15) is 0 Å². The molecular weight excluding hydrogens is 252 g/mol. The second kappa shape index (κ2) is 4.53. The number of ether oxygens (including phenoxy) is 1. The smallest absolute Gasteiger partial charge is 0.241 e. The summed E-state index contributed by atoms with van der Waals surface area (Å²) in [5, 5.41) is 0. The summed E-state index contributed by atoms with van der Waals surface area (Å²) in [5.41, 5.74) is 6.51. The Balaban J connectivity index is 2.27. The summed E-state index contributed by atoms with van der Waals surface area (Å²) in [6, 6.07) is 4.71. The maximum absolute atomic E-state index is 12.2. The van der Waals surface area contributed by atoms with E-state index in [1.54, 1.807) is 19.1 Å². The molecule has 1 heterocycles. The normalized spacial score (nSPS) is 24.3. The fourth-order valence-electron chi connectivity index (χ4n) is 1.95. The van der Waals surface area contributed by atoms with Crippen LogP contribution < -0.4 is 10.5 Å². The number of benzene rings is 1. The van der Waals surface area contributed by atoms with Crippen LogP contribution in [-0.2, 0) is 14.8 Å². The van der Waals surface area contributed by atoms with Crippen molar-refractivity contribution in [2.75, 3.05) is 18.9 Å². The van der Waals surface area contributed by atoms with Gasteiger partial charge >= 0.3 is 0 Å². The standard InChI is InChI=1S/C12H18N2O3S/c1-9-7-10(3-4-11(9)13)18(15,16)14-12(2)5-6-17-8-12/h3-4,7,14H,5-6,8,13H2,1-2H3. The van der Waals surface area contributed by atoms with Crippen LogP contribution in [0.15, 0.2) is 23.1 Å². The third kappa shape index (κ3) is 2.66. The molecule has 0 amide bonds. The molecule has 0 radical (unpaired) electrons. The van der Waals surface area contributed by atoms with Crippen molar-refractivity contribution in [2.45, 2.75) is 30.7 Å². The Kier molecular flexibility index (Phi) is 3.35. The van der Waals surface area contributed by atoms with Crippen molar-refractivity contribution < 1.29 is 13.2 Å². The van der Waals surface area contributed by atoms with Crippen LogP contribution in [0.25, 0.3) is 0 Å². The third-order valence-electron chi connectivity index (χ3n) is 3.15. The van der Waals surface area contributed by atoms with Gasteiger partial charge in [0, 0.05) is 12.3 Å². The van der Waals surface area contributed by atoms with Gasteiger partial charge in [0.05, 0.1) is 17.0 Å². The molecule has 1 aliphatic heterocycles. The molecule has 5 nitrogen and oxygen atoms in total. The minimum atomic E-state index is -3.53. The largest absolute Gasteiger partial charge is 0.399 e. The van der Waals surface area contributed by atoms with Gasteiger partial charge in [-0.3, -0.25) is 0 Å². The molecule has 0 saturated carbocycles. The number of hydrogen-bond acceptors (Lipinski definition) is 4. The highest BCUT2D eigenvalue weighted by Crippen LogP contribution is 2.22. The second-order valence-electron chi connectivity index (χ2n) is 4.99. The number of nitrogen functional groups attached to an aromatic ring is 1. The van der Waals surface area contributed by atoms with Gasteiger partial charge < -0.3 is 10.5 Å². The summed E-state index contributed by atoms with van der Waals surface area (Å²) >= 11 is 0. The van der Waals surface area contributed by atoms with E-state index < -0.39 is 15.6 Å². The lowest BCUT2D eigenvalue weighted by Gasteiger charge is -2.23. The number of nitrogens with two attached hydrogens (primary N) is 1. The Morgan fingerprint density at radius 2 is 2.17 bits per heavy atom. The number of anilines is 1. The van der Waals surface area contributed by atoms with Crippen LogP contribution in [0.4, 0.5) is 5.69 Å². The average Bonchev–Trinajstić information content (AvgIpc) is 2.67. The van der Waals surface area contributed by atoms with Crippen LogP contribution in [-0.4, -0.2) is 27.2 Å². The average molecular weight is 270 g/mol. The van der Waals surface area contributed by atoms with Crippen molar-refractivity contribution in [2.24, 2.45) is 0 Å². The molecule has 1 aromatic carbocycles. The zero-order valence-electron chi connectivity index (χ0n) is 10.6. The second-order valence-corrected chi connectivity index (χ2v) is 6.67. The van der Waals surface area contributed by atoms with Gasteiger partial charge in [-0.05, 0) is 44.0 Å². The molecule has 3 N–H and O–H groups in total. The van der Waals surface area contributed by atoms with E-state index in [-0.39, 0.29) is 4.90 Å². The Labute approximate surface area is 107 Å². The van der Waals surface area contributed by atoms with Crippen LogP contribution >= 0.6 is 0 Å².